The summed E-state index contributed by atoms with van der Waals surface area (Å²) in [7, 11) is -1.56. The Hall–Kier alpha value is -2.89. The fourth-order valence-corrected chi connectivity index (χ4v) is 4.25. The Bertz CT molecular complexity index is 1050. The SMILES string of the molecule is Cc1ccc(S(=O)/C(Cl)=C(\CCc2ccccc2)COC(=O)Oc2ccccc2)cc1. The van der Waals surface area contributed by atoms with Crippen LogP contribution in [0.2, 0.25) is 0 Å². The molecule has 1 unspecified atom stereocenters. The maximum Gasteiger partial charge on any atom is 0.514 e. The van der Waals surface area contributed by atoms with Crippen LogP contribution < -0.4 is 4.74 Å². The Balaban J connectivity index is 1.74. The zero-order valence-corrected chi connectivity index (χ0v) is 18.7. The third-order valence-electron chi connectivity index (χ3n) is 4.54. The van der Waals surface area contributed by atoms with Crippen molar-refractivity contribution in [3.63, 3.8) is 0 Å². The third kappa shape index (κ3) is 7.09. The number of para-hydroxylation sites is 1. The summed E-state index contributed by atoms with van der Waals surface area (Å²) < 4.78 is 23.6. The number of carbonyl (C=O) groups is 1. The van der Waals surface area contributed by atoms with Crippen LogP contribution in [-0.2, 0) is 22.0 Å². The molecule has 4 nitrogen and oxygen atoms in total. The van der Waals surface area contributed by atoms with E-state index in [1.165, 1.54) is 0 Å². The summed E-state index contributed by atoms with van der Waals surface area (Å²) in [5.74, 6) is 0.386. The molecule has 0 saturated heterocycles. The van der Waals surface area contributed by atoms with Gasteiger partial charge in [0.2, 0.25) is 0 Å². The minimum Gasteiger partial charge on any atom is -0.429 e. The van der Waals surface area contributed by atoms with Gasteiger partial charge in [0.05, 0.1) is 10.8 Å². The van der Waals surface area contributed by atoms with Gasteiger partial charge in [0.25, 0.3) is 0 Å². The van der Waals surface area contributed by atoms with E-state index in [9.17, 15) is 9.00 Å². The first-order chi connectivity index (χ1) is 15.0. The summed E-state index contributed by atoms with van der Waals surface area (Å²) in [6, 6.07) is 25.9. The van der Waals surface area contributed by atoms with E-state index in [0.717, 1.165) is 11.1 Å². The number of aryl methyl sites for hydroxylation is 2. The molecular formula is C25H23ClO4S. The van der Waals surface area contributed by atoms with E-state index in [-0.39, 0.29) is 11.0 Å². The van der Waals surface area contributed by atoms with Gasteiger partial charge >= 0.3 is 6.16 Å². The number of hydrogen-bond donors (Lipinski definition) is 0. The molecule has 0 amide bonds. The summed E-state index contributed by atoms with van der Waals surface area (Å²) in [6.07, 6.45) is 0.335. The second-order valence-electron chi connectivity index (χ2n) is 6.90. The van der Waals surface area contributed by atoms with Crippen molar-refractivity contribution >= 4 is 28.6 Å². The maximum atomic E-state index is 13.0. The smallest absolute Gasteiger partial charge is 0.429 e. The zero-order chi connectivity index (χ0) is 22.1. The van der Waals surface area contributed by atoms with Crippen molar-refractivity contribution in [2.45, 2.75) is 24.7 Å². The van der Waals surface area contributed by atoms with Gasteiger partial charge in [0, 0.05) is 4.90 Å². The second-order valence-corrected chi connectivity index (χ2v) is 8.92. The first kappa shape index (κ1) is 22.8. The van der Waals surface area contributed by atoms with Crippen molar-refractivity contribution < 1.29 is 18.5 Å². The minimum absolute atomic E-state index is 0.102. The number of hydrogen-bond acceptors (Lipinski definition) is 4. The van der Waals surface area contributed by atoms with Crippen molar-refractivity contribution in [2.24, 2.45) is 0 Å². The molecule has 0 aliphatic heterocycles. The quantitative estimate of drug-likeness (QED) is 0.292. The van der Waals surface area contributed by atoms with E-state index in [2.05, 4.69) is 0 Å². The van der Waals surface area contributed by atoms with Crippen molar-refractivity contribution in [2.75, 3.05) is 6.61 Å². The molecule has 0 bridgehead atoms. The van der Waals surface area contributed by atoms with Gasteiger partial charge in [-0.2, -0.15) is 0 Å². The largest absolute Gasteiger partial charge is 0.514 e. The van der Waals surface area contributed by atoms with Crippen LogP contribution in [0.1, 0.15) is 17.5 Å². The van der Waals surface area contributed by atoms with Crippen LogP contribution in [0.4, 0.5) is 4.79 Å². The summed E-state index contributed by atoms with van der Waals surface area (Å²) in [4.78, 5) is 12.7. The lowest BCUT2D eigenvalue weighted by atomic mass is 10.1. The van der Waals surface area contributed by atoms with Crippen LogP contribution in [0.15, 0.2) is 99.8 Å². The Morgan fingerprint density at radius 1 is 0.903 bits per heavy atom. The average molecular weight is 455 g/mol. The van der Waals surface area contributed by atoms with Gasteiger partial charge in [-0.15, -0.1) is 0 Å². The number of halogens is 1. The van der Waals surface area contributed by atoms with Gasteiger partial charge in [-0.05, 0) is 55.2 Å². The van der Waals surface area contributed by atoms with Crippen LogP contribution in [0.5, 0.6) is 5.75 Å². The number of ether oxygens (including phenoxy) is 2. The van der Waals surface area contributed by atoms with Crippen molar-refractivity contribution in [3.05, 3.63) is 106 Å². The van der Waals surface area contributed by atoms with Crippen molar-refractivity contribution in [1.29, 1.82) is 0 Å². The Kier molecular flexibility index (Phi) is 8.44. The average Bonchev–Trinajstić information content (AvgIpc) is 2.80. The predicted molar refractivity (Wildman–Crippen MR) is 124 cm³/mol. The fraction of sp³-hybridized carbons (Fsp3) is 0.160. The highest BCUT2D eigenvalue weighted by atomic mass is 35.5. The summed E-state index contributed by atoms with van der Waals surface area (Å²) in [5.41, 5.74) is 2.77. The Morgan fingerprint density at radius 2 is 1.52 bits per heavy atom. The lowest BCUT2D eigenvalue weighted by Gasteiger charge is -2.12. The second kappa shape index (κ2) is 11.5. The summed E-state index contributed by atoms with van der Waals surface area (Å²) in [6.45, 7) is 1.86. The normalized spacial score (nSPS) is 12.6. The molecule has 0 spiro atoms. The predicted octanol–water partition coefficient (Wildman–Crippen LogP) is 6.40. The van der Waals surface area contributed by atoms with Crippen molar-refractivity contribution in [1.82, 2.24) is 0 Å². The molecule has 1 atom stereocenters. The highest BCUT2D eigenvalue weighted by molar-refractivity contribution is 7.90. The van der Waals surface area contributed by atoms with Crippen LogP contribution in [0.25, 0.3) is 0 Å². The van der Waals surface area contributed by atoms with Crippen molar-refractivity contribution in [3.8, 4) is 5.75 Å². The molecule has 3 rings (SSSR count). The molecule has 160 valence electrons. The molecule has 0 heterocycles. The van der Waals surface area contributed by atoms with E-state index >= 15 is 0 Å². The van der Waals surface area contributed by atoms with Gasteiger partial charge in [-0.3, -0.25) is 0 Å². The summed E-state index contributed by atoms with van der Waals surface area (Å²) in [5, 5.41) is 0. The summed E-state index contributed by atoms with van der Waals surface area (Å²) >= 11 is 6.53. The van der Waals surface area contributed by atoms with E-state index in [1.807, 2.05) is 55.5 Å². The monoisotopic (exact) mass is 454 g/mol. The lowest BCUT2D eigenvalue weighted by Crippen LogP contribution is -2.14. The molecular weight excluding hydrogens is 432 g/mol. The molecule has 0 aliphatic rings. The van der Waals surface area contributed by atoms with Gasteiger partial charge in [-0.1, -0.05) is 77.8 Å². The number of benzene rings is 3. The molecule has 0 aliphatic carbocycles. The third-order valence-corrected chi connectivity index (χ3v) is 6.54. The maximum absolute atomic E-state index is 13.0. The molecule has 0 aromatic heterocycles. The minimum atomic E-state index is -1.56. The fourth-order valence-electron chi connectivity index (χ4n) is 2.82. The van der Waals surface area contributed by atoms with E-state index < -0.39 is 17.0 Å². The molecule has 0 saturated carbocycles. The lowest BCUT2D eigenvalue weighted by molar-refractivity contribution is 0.107. The standard InChI is InChI=1S/C25H23ClO4S/c1-19-12-16-23(17-13-19)31(28)24(26)21(15-14-20-8-4-2-5-9-20)18-29-25(27)30-22-10-6-3-7-11-22/h2-13,16-17H,14-15,18H2,1H3/b24-21+. The topological polar surface area (TPSA) is 52.6 Å². The highest BCUT2D eigenvalue weighted by Crippen LogP contribution is 2.25. The first-order valence-electron chi connectivity index (χ1n) is 9.82. The molecule has 0 fully saturated rings. The van der Waals surface area contributed by atoms with Gasteiger partial charge in [0.15, 0.2) is 0 Å². The van der Waals surface area contributed by atoms with Crippen LogP contribution >= 0.6 is 11.6 Å². The van der Waals surface area contributed by atoms with E-state index in [0.29, 0.717) is 29.1 Å². The van der Waals surface area contributed by atoms with E-state index in [4.69, 9.17) is 21.1 Å². The molecule has 6 heteroatoms. The Labute approximate surface area is 189 Å². The van der Waals surface area contributed by atoms with Crippen LogP contribution in [0, 0.1) is 6.92 Å². The molecule has 3 aromatic carbocycles. The highest BCUT2D eigenvalue weighted by Gasteiger charge is 2.17. The Morgan fingerprint density at radius 3 is 2.16 bits per heavy atom. The van der Waals surface area contributed by atoms with E-state index in [1.54, 1.807) is 36.4 Å². The van der Waals surface area contributed by atoms with Crippen LogP contribution in [0.3, 0.4) is 0 Å². The molecule has 0 N–H and O–H groups in total. The van der Waals surface area contributed by atoms with Gasteiger partial charge in [-0.25, -0.2) is 9.00 Å². The van der Waals surface area contributed by atoms with Crippen LogP contribution in [-0.4, -0.2) is 17.0 Å². The van der Waals surface area contributed by atoms with Gasteiger partial charge in [0.1, 0.15) is 16.7 Å². The number of carbonyl (C=O) groups excluding carboxylic acids is 1. The molecule has 3 aromatic rings. The number of rotatable bonds is 8. The molecule has 31 heavy (non-hydrogen) atoms. The first-order valence-corrected chi connectivity index (χ1v) is 11.4. The molecule has 0 radical (unpaired) electrons. The van der Waals surface area contributed by atoms with Gasteiger partial charge < -0.3 is 9.47 Å². The zero-order valence-electron chi connectivity index (χ0n) is 17.1.